The average Bonchev–Trinajstić information content (AvgIpc) is 2.13. The predicted octanol–water partition coefficient (Wildman–Crippen LogP) is 0.905. The van der Waals surface area contributed by atoms with Gasteiger partial charge in [-0.25, -0.2) is 13.6 Å². The second kappa shape index (κ2) is 4.19. The molecule has 1 aliphatic rings. The summed E-state index contributed by atoms with van der Waals surface area (Å²) in [5.74, 6) is 0. The first kappa shape index (κ1) is 12.2. The zero-order valence-electron chi connectivity index (χ0n) is 9.76. The van der Waals surface area contributed by atoms with Crippen LogP contribution >= 0.6 is 0 Å². The second-order valence-corrected chi connectivity index (χ2v) is 5.96. The molecule has 4 N–H and O–H groups in total. The largest absolute Gasteiger partial charge is 0.396 e. The van der Waals surface area contributed by atoms with Crippen LogP contribution in [0, 0.1) is 0 Å². The van der Waals surface area contributed by atoms with Crippen molar-refractivity contribution in [3.05, 3.63) is 18.2 Å². The summed E-state index contributed by atoms with van der Waals surface area (Å²) in [5.41, 5.74) is 6.86. The molecule has 1 saturated carbocycles. The van der Waals surface area contributed by atoms with Gasteiger partial charge in [-0.2, -0.15) is 0 Å². The van der Waals surface area contributed by atoms with E-state index >= 15 is 0 Å². The smallest absolute Gasteiger partial charge is 0.240 e. The molecule has 0 unspecified atom stereocenters. The summed E-state index contributed by atoms with van der Waals surface area (Å²) in [6.07, 6.45) is 3.45. The Bertz CT molecular complexity index is 524. The zero-order chi connectivity index (χ0) is 12.6. The molecule has 0 bridgehead atoms. The fraction of sp³-hybridized carbons (Fsp3) is 0.455. The van der Waals surface area contributed by atoms with Gasteiger partial charge in [0.05, 0.1) is 11.4 Å². The molecule has 0 aliphatic heterocycles. The van der Waals surface area contributed by atoms with E-state index in [4.69, 9.17) is 10.9 Å². The number of nitrogen functional groups attached to an aromatic ring is 1. The number of rotatable bonds is 3. The lowest BCUT2D eigenvalue weighted by molar-refractivity contribution is 0.401. The van der Waals surface area contributed by atoms with Crippen molar-refractivity contribution in [2.75, 3.05) is 17.7 Å². The first-order valence-corrected chi connectivity index (χ1v) is 7.10. The molecule has 0 aromatic heterocycles. The number of hydrogen-bond acceptors (Lipinski definition) is 4. The molecule has 0 radical (unpaired) electrons. The highest BCUT2D eigenvalue weighted by molar-refractivity contribution is 7.89. The molecule has 0 atom stereocenters. The Hall–Kier alpha value is -1.27. The van der Waals surface area contributed by atoms with Crippen LogP contribution in [0.15, 0.2) is 23.1 Å². The molecular weight excluding hydrogens is 238 g/mol. The van der Waals surface area contributed by atoms with Crippen molar-refractivity contribution in [1.29, 1.82) is 0 Å². The quantitative estimate of drug-likeness (QED) is 0.785. The molecule has 6 heteroatoms. The maximum absolute atomic E-state index is 11.4. The van der Waals surface area contributed by atoms with E-state index in [1.54, 1.807) is 6.07 Å². The Balaban J connectivity index is 2.41. The molecular formula is C11H17N3O2S. The van der Waals surface area contributed by atoms with Crippen LogP contribution in [0.1, 0.15) is 19.3 Å². The van der Waals surface area contributed by atoms with Crippen molar-refractivity contribution >= 4 is 21.4 Å². The van der Waals surface area contributed by atoms with Crippen molar-refractivity contribution in [3.8, 4) is 0 Å². The van der Waals surface area contributed by atoms with Crippen molar-refractivity contribution in [2.24, 2.45) is 5.14 Å². The second-order valence-electron chi connectivity index (χ2n) is 4.43. The van der Waals surface area contributed by atoms with Gasteiger partial charge in [-0.15, -0.1) is 0 Å². The van der Waals surface area contributed by atoms with Crippen LogP contribution in [0.2, 0.25) is 0 Å². The lowest BCUT2D eigenvalue weighted by Crippen LogP contribution is -2.37. The third-order valence-electron chi connectivity index (χ3n) is 3.35. The average molecular weight is 255 g/mol. The van der Waals surface area contributed by atoms with Crippen LogP contribution < -0.4 is 15.8 Å². The number of sulfonamides is 1. The Labute approximate surface area is 101 Å². The number of nitrogens with two attached hydrogens (primary N) is 2. The molecule has 0 spiro atoms. The van der Waals surface area contributed by atoms with E-state index in [2.05, 4.69) is 0 Å². The van der Waals surface area contributed by atoms with E-state index in [1.807, 2.05) is 18.0 Å². The summed E-state index contributed by atoms with van der Waals surface area (Å²) >= 11 is 0. The maximum atomic E-state index is 11.4. The minimum atomic E-state index is -3.76. The van der Waals surface area contributed by atoms with Gasteiger partial charge < -0.3 is 10.6 Å². The number of nitrogens with zero attached hydrogens (tertiary/aromatic N) is 1. The highest BCUT2D eigenvalue weighted by Crippen LogP contribution is 2.34. The van der Waals surface area contributed by atoms with Crippen LogP contribution in [0.5, 0.6) is 0 Å². The molecule has 1 aromatic carbocycles. The summed E-state index contributed by atoms with van der Waals surface area (Å²) < 4.78 is 22.7. The maximum Gasteiger partial charge on any atom is 0.240 e. The third kappa shape index (κ3) is 2.23. The normalized spacial score (nSPS) is 16.6. The van der Waals surface area contributed by atoms with Gasteiger partial charge in [0.2, 0.25) is 10.0 Å². The number of anilines is 2. The fourth-order valence-electron chi connectivity index (χ4n) is 2.06. The minimum Gasteiger partial charge on any atom is -0.396 e. The van der Waals surface area contributed by atoms with E-state index in [1.165, 1.54) is 12.5 Å². The van der Waals surface area contributed by atoms with Gasteiger partial charge in [0.25, 0.3) is 0 Å². The van der Waals surface area contributed by atoms with Gasteiger partial charge in [-0.3, -0.25) is 0 Å². The van der Waals surface area contributed by atoms with Crippen LogP contribution in [0.3, 0.4) is 0 Å². The van der Waals surface area contributed by atoms with Gasteiger partial charge in [-0.05, 0) is 31.4 Å². The molecule has 94 valence electrons. The molecule has 17 heavy (non-hydrogen) atoms. The summed E-state index contributed by atoms with van der Waals surface area (Å²) in [6.45, 7) is 0. The van der Waals surface area contributed by atoms with Crippen LogP contribution in [-0.2, 0) is 10.0 Å². The summed E-state index contributed by atoms with van der Waals surface area (Å²) in [5, 5.41) is 5.12. The molecule has 1 fully saturated rings. The Morgan fingerprint density at radius 2 is 2.00 bits per heavy atom. The van der Waals surface area contributed by atoms with E-state index in [9.17, 15) is 8.42 Å². The molecule has 0 saturated heterocycles. The lowest BCUT2D eigenvalue weighted by Gasteiger charge is -2.37. The standard InChI is InChI=1S/C11H17N3O2S/c1-14(8-4-2-5-8)9-6-3-7-10(11(9)12)17(13,15)16/h3,6-8H,2,4-5,12H2,1H3,(H2,13,15,16). The summed E-state index contributed by atoms with van der Waals surface area (Å²) in [6, 6.07) is 5.37. The van der Waals surface area contributed by atoms with Crippen LogP contribution in [0.25, 0.3) is 0 Å². The third-order valence-corrected chi connectivity index (χ3v) is 4.32. The van der Waals surface area contributed by atoms with Crippen LogP contribution in [-0.4, -0.2) is 21.5 Å². The van der Waals surface area contributed by atoms with E-state index < -0.39 is 10.0 Å². The first-order valence-electron chi connectivity index (χ1n) is 5.55. The van der Waals surface area contributed by atoms with E-state index in [-0.39, 0.29) is 10.6 Å². The minimum absolute atomic E-state index is 0.00109. The highest BCUT2D eigenvalue weighted by Gasteiger charge is 2.25. The number of primary sulfonamides is 1. The summed E-state index contributed by atoms with van der Waals surface area (Å²) in [4.78, 5) is 2.04. The van der Waals surface area contributed by atoms with Crippen molar-refractivity contribution < 1.29 is 8.42 Å². The fourth-order valence-corrected chi connectivity index (χ4v) is 2.74. The van der Waals surface area contributed by atoms with Crippen molar-refractivity contribution in [2.45, 2.75) is 30.2 Å². The van der Waals surface area contributed by atoms with Gasteiger partial charge in [0, 0.05) is 13.1 Å². The van der Waals surface area contributed by atoms with Crippen molar-refractivity contribution in [3.63, 3.8) is 0 Å². The molecule has 2 rings (SSSR count). The highest BCUT2D eigenvalue weighted by atomic mass is 32.2. The molecule has 0 heterocycles. The van der Waals surface area contributed by atoms with Gasteiger partial charge in [0.1, 0.15) is 4.90 Å². The van der Waals surface area contributed by atoms with Crippen LogP contribution in [0.4, 0.5) is 11.4 Å². The zero-order valence-corrected chi connectivity index (χ0v) is 10.6. The number of benzene rings is 1. The predicted molar refractivity (Wildman–Crippen MR) is 68.3 cm³/mol. The molecule has 1 aromatic rings. The van der Waals surface area contributed by atoms with E-state index in [0.29, 0.717) is 6.04 Å². The Morgan fingerprint density at radius 1 is 1.35 bits per heavy atom. The topological polar surface area (TPSA) is 89.4 Å². The molecule has 1 aliphatic carbocycles. The van der Waals surface area contributed by atoms with Gasteiger partial charge >= 0.3 is 0 Å². The SMILES string of the molecule is CN(c1cccc(S(N)(=O)=O)c1N)C1CCC1. The first-order chi connectivity index (χ1) is 7.91. The monoisotopic (exact) mass is 255 g/mol. The summed E-state index contributed by atoms with van der Waals surface area (Å²) in [7, 11) is -1.82. The van der Waals surface area contributed by atoms with Gasteiger partial charge in [-0.1, -0.05) is 6.07 Å². The van der Waals surface area contributed by atoms with Crippen molar-refractivity contribution in [1.82, 2.24) is 0 Å². The lowest BCUT2D eigenvalue weighted by atomic mass is 9.91. The van der Waals surface area contributed by atoms with Gasteiger partial charge in [0.15, 0.2) is 0 Å². The van der Waals surface area contributed by atoms with E-state index in [0.717, 1.165) is 18.5 Å². The Kier molecular flexibility index (Phi) is 3.01. The Morgan fingerprint density at radius 3 is 2.47 bits per heavy atom. The molecule has 0 amide bonds. The number of hydrogen-bond donors (Lipinski definition) is 2. The number of para-hydroxylation sites is 1. The molecule has 5 nitrogen and oxygen atoms in total.